The zero-order valence-corrected chi connectivity index (χ0v) is 16.0. The van der Waals surface area contributed by atoms with Crippen LogP contribution in [0.15, 0.2) is 35.3 Å². The number of amidine groups is 1. The molecule has 8 heteroatoms. The molecule has 1 aromatic rings. The van der Waals surface area contributed by atoms with Crippen LogP contribution in [0.2, 0.25) is 0 Å². The highest BCUT2D eigenvalue weighted by molar-refractivity contribution is 8.14. The normalized spacial score (nSPS) is 25.7. The van der Waals surface area contributed by atoms with Gasteiger partial charge in [0.1, 0.15) is 6.17 Å². The van der Waals surface area contributed by atoms with E-state index in [1.165, 1.54) is 17.3 Å². The van der Waals surface area contributed by atoms with Crippen molar-refractivity contribution in [2.75, 3.05) is 25.4 Å². The Morgan fingerprint density at radius 1 is 1.22 bits per heavy atom. The molecule has 2 unspecified atom stereocenters. The summed E-state index contributed by atoms with van der Waals surface area (Å²) in [6, 6.07) is 10.6. The Hall–Kier alpha value is -1.90. The molecular formula is C19H25N5O2S. The topological polar surface area (TPSA) is 85.8 Å². The quantitative estimate of drug-likeness (QED) is 0.709. The number of hydrogen-bond acceptors (Lipinski definition) is 6. The largest absolute Gasteiger partial charge is 0.342 e. The summed E-state index contributed by atoms with van der Waals surface area (Å²) in [6.45, 7) is 2.20. The van der Waals surface area contributed by atoms with Crippen LogP contribution in [-0.2, 0) is 16.0 Å². The molecule has 2 saturated heterocycles. The summed E-state index contributed by atoms with van der Waals surface area (Å²) in [5.41, 5.74) is 7.31. The van der Waals surface area contributed by atoms with E-state index in [4.69, 9.17) is 0 Å². The number of piperidine rings is 1. The summed E-state index contributed by atoms with van der Waals surface area (Å²) >= 11 is 1.31. The van der Waals surface area contributed by atoms with Crippen LogP contribution in [0, 0.1) is 11.8 Å². The molecule has 2 amide bonds. The Balaban J connectivity index is 1.22. The minimum absolute atomic E-state index is 0.0378. The van der Waals surface area contributed by atoms with E-state index in [1.807, 2.05) is 11.0 Å². The third-order valence-corrected chi connectivity index (χ3v) is 6.32. The van der Waals surface area contributed by atoms with E-state index in [-0.39, 0.29) is 23.9 Å². The van der Waals surface area contributed by atoms with Crippen LogP contribution in [0.25, 0.3) is 0 Å². The van der Waals surface area contributed by atoms with Crippen molar-refractivity contribution in [2.24, 2.45) is 16.8 Å². The van der Waals surface area contributed by atoms with Crippen molar-refractivity contribution in [3.8, 4) is 0 Å². The number of nitrogens with one attached hydrogen (secondary N) is 3. The maximum atomic E-state index is 12.5. The second-order valence-corrected chi connectivity index (χ2v) is 8.27. The van der Waals surface area contributed by atoms with Gasteiger partial charge in [0.25, 0.3) is 0 Å². The molecule has 2 atom stereocenters. The number of benzene rings is 1. The SMILES string of the molecule is O=C1NC(SCC(=O)N2CCC(Cc3ccccc3)CC2)=NC2NNCC12. The number of amides is 2. The van der Waals surface area contributed by atoms with Crippen molar-refractivity contribution in [1.82, 2.24) is 21.1 Å². The Labute approximate surface area is 163 Å². The fourth-order valence-corrected chi connectivity index (χ4v) is 4.63. The average molecular weight is 388 g/mol. The van der Waals surface area contributed by atoms with Crippen LogP contribution in [0.5, 0.6) is 0 Å². The van der Waals surface area contributed by atoms with Crippen molar-refractivity contribution in [3.63, 3.8) is 0 Å². The van der Waals surface area contributed by atoms with Crippen molar-refractivity contribution >= 4 is 28.7 Å². The average Bonchev–Trinajstić information content (AvgIpc) is 3.17. The third-order valence-electron chi connectivity index (χ3n) is 5.44. The Bertz CT molecular complexity index is 718. The number of nitrogens with zero attached hydrogens (tertiary/aromatic N) is 2. The van der Waals surface area contributed by atoms with Crippen molar-refractivity contribution in [1.29, 1.82) is 0 Å². The summed E-state index contributed by atoms with van der Waals surface area (Å²) in [6.07, 6.45) is 2.94. The van der Waals surface area contributed by atoms with Gasteiger partial charge in [-0.15, -0.1) is 0 Å². The van der Waals surface area contributed by atoms with Crippen molar-refractivity contribution in [3.05, 3.63) is 35.9 Å². The Morgan fingerprint density at radius 3 is 2.78 bits per heavy atom. The van der Waals surface area contributed by atoms with Crippen molar-refractivity contribution < 1.29 is 9.59 Å². The Kier molecular flexibility index (Phi) is 5.75. The number of carbonyl (C=O) groups is 2. The molecule has 3 N–H and O–H groups in total. The first kappa shape index (κ1) is 18.5. The number of aliphatic imine (C=N–C) groups is 1. The monoisotopic (exact) mass is 387 g/mol. The zero-order valence-electron chi connectivity index (χ0n) is 15.2. The van der Waals surface area contributed by atoms with Crippen LogP contribution < -0.4 is 16.2 Å². The number of hydrogen-bond donors (Lipinski definition) is 3. The highest BCUT2D eigenvalue weighted by Crippen LogP contribution is 2.23. The number of fused-ring (bicyclic) bond motifs is 1. The molecule has 0 bridgehead atoms. The molecule has 1 aromatic carbocycles. The molecule has 3 heterocycles. The lowest BCUT2D eigenvalue weighted by atomic mass is 9.90. The number of rotatable bonds is 4. The number of hydrazine groups is 1. The molecule has 4 rings (SSSR count). The summed E-state index contributed by atoms with van der Waals surface area (Å²) in [4.78, 5) is 31.0. The first-order valence-corrected chi connectivity index (χ1v) is 10.5. The summed E-state index contributed by atoms with van der Waals surface area (Å²) in [5.74, 6) is 0.865. The molecule has 3 aliphatic heterocycles. The first-order valence-electron chi connectivity index (χ1n) is 9.50. The van der Waals surface area contributed by atoms with Gasteiger partial charge in [-0.2, -0.15) is 0 Å². The molecule has 0 aromatic heterocycles. The van der Waals surface area contributed by atoms with Gasteiger partial charge in [-0.25, -0.2) is 10.4 Å². The highest BCUT2D eigenvalue weighted by Gasteiger charge is 2.37. The molecular weight excluding hydrogens is 362 g/mol. The predicted octanol–water partition coefficient (Wildman–Crippen LogP) is 0.737. The molecule has 27 heavy (non-hydrogen) atoms. The molecule has 0 spiro atoms. The molecule has 0 saturated carbocycles. The smallest absolute Gasteiger partial charge is 0.233 e. The van der Waals surface area contributed by atoms with Gasteiger partial charge in [0, 0.05) is 19.6 Å². The summed E-state index contributed by atoms with van der Waals surface area (Å²) < 4.78 is 0. The second kappa shape index (κ2) is 8.41. The van der Waals surface area contributed by atoms with Gasteiger partial charge in [0.05, 0.1) is 11.7 Å². The van der Waals surface area contributed by atoms with Crippen LogP contribution in [0.4, 0.5) is 0 Å². The maximum Gasteiger partial charge on any atom is 0.233 e. The molecule has 2 fully saturated rings. The summed E-state index contributed by atoms with van der Waals surface area (Å²) in [7, 11) is 0. The van der Waals surface area contributed by atoms with E-state index in [1.54, 1.807) is 0 Å². The lowest BCUT2D eigenvalue weighted by Crippen LogP contribution is -2.46. The predicted molar refractivity (Wildman–Crippen MR) is 106 cm³/mol. The van der Waals surface area contributed by atoms with Gasteiger partial charge in [0.2, 0.25) is 11.8 Å². The van der Waals surface area contributed by atoms with E-state index >= 15 is 0 Å². The standard InChI is InChI=1S/C19H25N5O2S/c25-16(12-27-19-21-17-15(11-20-23-17)18(26)22-19)24-8-6-14(7-9-24)10-13-4-2-1-3-5-13/h1-5,14-15,17,20,23H,6-12H2,(H,21,22,26). The number of thioether (sulfide) groups is 1. The number of likely N-dealkylation sites (tertiary alicyclic amines) is 1. The highest BCUT2D eigenvalue weighted by atomic mass is 32.2. The van der Waals surface area contributed by atoms with E-state index in [0.717, 1.165) is 32.4 Å². The van der Waals surface area contributed by atoms with Crippen LogP contribution in [-0.4, -0.2) is 53.4 Å². The Morgan fingerprint density at radius 2 is 2.00 bits per heavy atom. The van der Waals surface area contributed by atoms with Gasteiger partial charge in [0.15, 0.2) is 5.17 Å². The maximum absolute atomic E-state index is 12.5. The number of carbonyl (C=O) groups excluding carboxylic acids is 2. The summed E-state index contributed by atoms with van der Waals surface area (Å²) in [5, 5.41) is 3.34. The minimum atomic E-state index is -0.231. The van der Waals surface area contributed by atoms with Crippen molar-refractivity contribution in [2.45, 2.75) is 25.4 Å². The molecule has 0 radical (unpaired) electrons. The fourth-order valence-electron chi connectivity index (χ4n) is 3.83. The zero-order chi connectivity index (χ0) is 18.6. The first-order chi connectivity index (χ1) is 13.2. The lowest BCUT2D eigenvalue weighted by molar-refractivity contribution is -0.129. The second-order valence-electron chi connectivity index (χ2n) is 7.30. The third kappa shape index (κ3) is 4.51. The van der Waals surface area contributed by atoms with Gasteiger partial charge in [-0.3, -0.25) is 15.0 Å². The molecule has 3 aliphatic rings. The van der Waals surface area contributed by atoms with E-state index < -0.39 is 0 Å². The minimum Gasteiger partial charge on any atom is -0.342 e. The van der Waals surface area contributed by atoms with Gasteiger partial charge in [-0.1, -0.05) is 42.1 Å². The lowest BCUT2D eigenvalue weighted by Gasteiger charge is -2.32. The van der Waals surface area contributed by atoms with E-state index in [9.17, 15) is 9.59 Å². The van der Waals surface area contributed by atoms with E-state index in [2.05, 4.69) is 45.4 Å². The van der Waals surface area contributed by atoms with Crippen LogP contribution in [0.1, 0.15) is 18.4 Å². The van der Waals surface area contributed by atoms with Crippen LogP contribution >= 0.6 is 11.8 Å². The van der Waals surface area contributed by atoms with Gasteiger partial charge >= 0.3 is 0 Å². The molecule has 7 nitrogen and oxygen atoms in total. The van der Waals surface area contributed by atoms with E-state index in [0.29, 0.717) is 23.4 Å². The molecule has 0 aliphatic carbocycles. The molecule has 144 valence electrons. The fraction of sp³-hybridized carbons (Fsp3) is 0.526. The van der Waals surface area contributed by atoms with Gasteiger partial charge in [-0.05, 0) is 30.7 Å². The van der Waals surface area contributed by atoms with Crippen LogP contribution in [0.3, 0.4) is 0 Å². The van der Waals surface area contributed by atoms with Gasteiger partial charge < -0.3 is 10.2 Å².